The zero-order chi connectivity index (χ0) is 12.7. The highest BCUT2D eigenvalue weighted by atomic mass is 15.2. The van der Waals surface area contributed by atoms with E-state index in [0.717, 1.165) is 12.5 Å². The Hall–Kier alpha value is -0.340. The Morgan fingerprint density at radius 2 is 2.18 bits per heavy atom. The molecule has 1 heterocycles. The summed E-state index contributed by atoms with van der Waals surface area (Å²) in [4.78, 5) is 2.70. The molecule has 2 nitrogen and oxygen atoms in total. The van der Waals surface area contributed by atoms with Gasteiger partial charge in [0.15, 0.2) is 0 Å². The standard InChI is InChI=1S/C15H30N2/c1-5-7-8-10-17-12-14(9-6-2)16-11-15(17)13(3)4/h5,7,13-16H,6,8-12H2,1-4H3/b7-5+. The Morgan fingerprint density at radius 3 is 2.76 bits per heavy atom. The van der Waals surface area contributed by atoms with E-state index in [4.69, 9.17) is 0 Å². The van der Waals surface area contributed by atoms with Gasteiger partial charge in [-0.15, -0.1) is 0 Å². The molecule has 0 aromatic heterocycles. The lowest BCUT2D eigenvalue weighted by Crippen LogP contribution is -2.58. The summed E-state index contributed by atoms with van der Waals surface area (Å²) in [5, 5.41) is 3.71. The van der Waals surface area contributed by atoms with Crippen LogP contribution in [-0.2, 0) is 0 Å². The first-order valence-electron chi connectivity index (χ1n) is 7.27. The van der Waals surface area contributed by atoms with E-state index >= 15 is 0 Å². The predicted octanol–water partition coefficient (Wildman–Crippen LogP) is 3.05. The molecule has 1 saturated heterocycles. The topological polar surface area (TPSA) is 15.3 Å². The fourth-order valence-electron chi connectivity index (χ4n) is 2.76. The van der Waals surface area contributed by atoms with Gasteiger partial charge in [-0.25, -0.2) is 0 Å². The first-order valence-corrected chi connectivity index (χ1v) is 7.27. The van der Waals surface area contributed by atoms with E-state index in [0.29, 0.717) is 12.1 Å². The molecule has 1 rings (SSSR count). The fourth-order valence-corrected chi connectivity index (χ4v) is 2.76. The molecule has 1 N–H and O–H groups in total. The molecule has 1 fully saturated rings. The van der Waals surface area contributed by atoms with Crippen molar-refractivity contribution in [2.75, 3.05) is 19.6 Å². The van der Waals surface area contributed by atoms with Crippen molar-refractivity contribution in [3.63, 3.8) is 0 Å². The zero-order valence-electron chi connectivity index (χ0n) is 12.1. The maximum Gasteiger partial charge on any atom is 0.0244 e. The Labute approximate surface area is 107 Å². The Balaban J connectivity index is 2.49. The average molecular weight is 238 g/mol. The van der Waals surface area contributed by atoms with Gasteiger partial charge >= 0.3 is 0 Å². The van der Waals surface area contributed by atoms with Gasteiger partial charge in [-0.2, -0.15) is 0 Å². The average Bonchev–Trinajstić information content (AvgIpc) is 2.30. The summed E-state index contributed by atoms with van der Waals surface area (Å²) in [6.45, 7) is 12.7. The molecule has 2 atom stereocenters. The number of hydrogen-bond donors (Lipinski definition) is 1. The molecule has 0 aromatic rings. The maximum absolute atomic E-state index is 3.71. The van der Waals surface area contributed by atoms with Crippen LogP contribution in [0.1, 0.15) is 47.0 Å². The van der Waals surface area contributed by atoms with Crippen molar-refractivity contribution in [2.24, 2.45) is 5.92 Å². The molecule has 0 aliphatic carbocycles. The van der Waals surface area contributed by atoms with E-state index in [1.54, 1.807) is 0 Å². The van der Waals surface area contributed by atoms with Crippen LogP contribution in [0.25, 0.3) is 0 Å². The quantitative estimate of drug-likeness (QED) is 0.716. The van der Waals surface area contributed by atoms with Crippen LogP contribution < -0.4 is 5.32 Å². The SMILES string of the molecule is C/C=C/CCN1CC(CCC)NCC1C(C)C. The van der Waals surface area contributed by atoms with E-state index in [-0.39, 0.29) is 0 Å². The van der Waals surface area contributed by atoms with Crippen LogP contribution in [0, 0.1) is 5.92 Å². The van der Waals surface area contributed by atoms with Crippen LogP contribution in [0.2, 0.25) is 0 Å². The summed E-state index contributed by atoms with van der Waals surface area (Å²) in [6, 6.07) is 1.42. The molecule has 100 valence electrons. The van der Waals surface area contributed by atoms with Crippen LogP contribution in [0.15, 0.2) is 12.2 Å². The van der Waals surface area contributed by atoms with E-state index < -0.39 is 0 Å². The van der Waals surface area contributed by atoms with Crippen LogP contribution in [0.3, 0.4) is 0 Å². The molecule has 1 aliphatic heterocycles. The summed E-state index contributed by atoms with van der Waals surface area (Å²) in [7, 11) is 0. The lowest BCUT2D eigenvalue weighted by atomic mass is 9.97. The third-order valence-corrected chi connectivity index (χ3v) is 3.76. The van der Waals surface area contributed by atoms with Crippen molar-refractivity contribution in [3.05, 3.63) is 12.2 Å². The molecule has 0 saturated carbocycles. The predicted molar refractivity (Wildman–Crippen MR) is 76.3 cm³/mol. The minimum atomic E-state index is 0.709. The molecule has 0 radical (unpaired) electrons. The van der Waals surface area contributed by atoms with Crippen LogP contribution in [0.5, 0.6) is 0 Å². The molecule has 2 heteroatoms. The van der Waals surface area contributed by atoms with Gasteiger partial charge in [0, 0.05) is 31.7 Å². The number of hydrogen-bond acceptors (Lipinski definition) is 2. The van der Waals surface area contributed by atoms with Gasteiger partial charge in [0.25, 0.3) is 0 Å². The van der Waals surface area contributed by atoms with Crippen LogP contribution >= 0.6 is 0 Å². The number of rotatable bonds is 6. The second kappa shape index (κ2) is 7.88. The molecule has 1 aliphatic rings. The smallest absolute Gasteiger partial charge is 0.0244 e. The van der Waals surface area contributed by atoms with Gasteiger partial charge in [-0.05, 0) is 25.7 Å². The molecule has 0 amide bonds. The van der Waals surface area contributed by atoms with Crippen molar-refractivity contribution < 1.29 is 0 Å². The number of allylic oxidation sites excluding steroid dienone is 1. The number of piperazine rings is 1. The normalized spacial score (nSPS) is 27.1. The third-order valence-electron chi connectivity index (χ3n) is 3.76. The minimum absolute atomic E-state index is 0.709. The molecular formula is C15H30N2. The molecule has 2 unspecified atom stereocenters. The molecule has 17 heavy (non-hydrogen) atoms. The van der Waals surface area contributed by atoms with Gasteiger partial charge < -0.3 is 5.32 Å². The summed E-state index contributed by atoms with van der Waals surface area (Å²) in [5.41, 5.74) is 0. The van der Waals surface area contributed by atoms with Crippen molar-refractivity contribution >= 4 is 0 Å². The second-order valence-electron chi connectivity index (χ2n) is 5.56. The van der Waals surface area contributed by atoms with Crippen molar-refractivity contribution in [2.45, 2.75) is 59.0 Å². The van der Waals surface area contributed by atoms with Gasteiger partial charge in [-0.1, -0.05) is 39.3 Å². The van der Waals surface area contributed by atoms with Gasteiger partial charge in [0.2, 0.25) is 0 Å². The second-order valence-corrected chi connectivity index (χ2v) is 5.56. The van der Waals surface area contributed by atoms with Gasteiger partial charge in [-0.3, -0.25) is 4.90 Å². The Kier molecular flexibility index (Phi) is 6.83. The monoisotopic (exact) mass is 238 g/mol. The summed E-state index contributed by atoms with van der Waals surface area (Å²) in [5.74, 6) is 0.746. The van der Waals surface area contributed by atoms with E-state index in [9.17, 15) is 0 Å². The molecule has 0 bridgehead atoms. The molecule has 0 aromatic carbocycles. The zero-order valence-corrected chi connectivity index (χ0v) is 12.1. The fraction of sp³-hybridized carbons (Fsp3) is 0.867. The van der Waals surface area contributed by atoms with Gasteiger partial charge in [0.05, 0.1) is 0 Å². The largest absolute Gasteiger partial charge is 0.311 e. The lowest BCUT2D eigenvalue weighted by Gasteiger charge is -2.42. The Morgan fingerprint density at radius 1 is 1.41 bits per heavy atom. The molecule has 0 spiro atoms. The van der Waals surface area contributed by atoms with Crippen LogP contribution in [0.4, 0.5) is 0 Å². The van der Waals surface area contributed by atoms with E-state index in [1.807, 2.05) is 0 Å². The summed E-state index contributed by atoms with van der Waals surface area (Å²) < 4.78 is 0. The molecular weight excluding hydrogens is 208 g/mol. The first-order chi connectivity index (χ1) is 8.19. The first kappa shape index (κ1) is 14.7. The van der Waals surface area contributed by atoms with Crippen molar-refractivity contribution in [1.29, 1.82) is 0 Å². The van der Waals surface area contributed by atoms with E-state index in [2.05, 4.69) is 50.1 Å². The third kappa shape index (κ3) is 4.81. The van der Waals surface area contributed by atoms with Crippen molar-refractivity contribution in [1.82, 2.24) is 10.2 Å². The number of nitrogens with zero attached hydrogens (tertiary/aromatic N) is 1. The number of nitrogens with one attached hydrogen (secondary N) is 1. The Bertz CT molecular complexity index is 223. The summed E-state index contributed by atoms with van der Waals surface area (Å²) >= 11 is 0. The highest BCUT2D eigenvalue weighted by Gasteiger charge is 2.28. The van der Waals surface area contributed by atoms with Gasteiger partial charge in [0.1, 0.15) is 0 Å². The highest BCUT2D eigenvalue weighted by molar-refractivity contribution is 4.89. The summed E-state index contributed by atoms with van der Waals surface area (Å²) in [6.07, 6.45) is 8.24. The van der Waals surface area contributed by atoms with E-state index in [1.165, 1.54) is 32.4 Å². The van der Waals surface area contributed by atoms with Crippen LogP contribution in [-0.4, -0.2) is 36.6 Å². The lowest BCUT2D eigenvalue weighted by molar-refractivity contribution is 0.0976. The highest BCUT2D eigenvalue weighted by Crippen LogP contribution is 2.17. The minimum Gasteiger partial charge on any atom is -0.311 e. The van der Waals surface area contributed by atoms with Crippen molar-refractivity contribution in [3.8, 4) is 0 Å². The maximum atomic E-state index is 3.71.